The molecule has 0 saturated carbocycles. The fraction of sp³-hybridized carbons (Fsp3) is 0.667. The minimum atomic E-state index is -0.335. The summed E-state index contributed by atoms with van der Waals surface area (Å²) in [5.41, 5.74) is 0. The number of allylic oxidation sites excluding steroid dienone is 2. The molecule has 6 heteroatoms. The minimum absolute atomic E-state index is 0.0216. The lowest BCUT2D eigenvalue weighted by Gasteiger charge is -2.20. The summed E-state index contributed by atoms with van der Waals surface area (Å²) < 4.78 is 0. The van der Waals surface area contributed by atoms with Crippen molar-refractivity contribution in [2.45, 2.75) is 33.1 Å². The number of hydrogen-bond acceptors (Lipinski definition) is 3. The number of rotatable bonds is 5. The van der Waals surface area contributed by atoms with E-state index in [1.165, 1.54) is 4.90 Å². The number of carbonyl (C=O) groups is 3. The minimum Gasteiger partial charge on any atom is -0.343 e. The Balaban J connectivity index is 1.98. The molecule has 1 fully saturated rings. The number of fused-ring (bicyclic) bond motifs is 1. The first kappa shape index (κ1) is 16.0. The van der Waals surface area contributed by atoms with Crippen LogP contribution < -0.4 is 0 Å². The molecular formula is C15H21ClN2O3. The molecule has 1 aliphatic heterocycles. The first-order valence-corrected chi connectivity index (χ1v) is 7.84. The number of carbonyl (C=O) groups excluding carboxylic acids is 3. The van der Waals surface area contributed by atoms with E-state index in [9.17, 15) is 14.4 Å². The predicted molar refractivity (Wildman–Crippen MR) is 79.4 cm³/mol. The van der Waals surface area contributed by atoms with Gasteiger partial charge < -0.3 is 4.90 Å². The first-order chi connectivity index (χ1) is 9.99. The number of imide groups is 1. The van der Waals surface area contributed by atoms with Crippen LogP contribution in [-0.2, 0) is 14.4 Å². The summed E-state index contributed by atoms with van der Waals surface area (Å²) in [4.78, 5) is 39.5. The van der Waals surface area contributed by atoms with E-state index in [0.717, 1.165) is 0 Å². The molecule has 116 valence electrons. The molecular weight excluding hydrogens is 292 g/mol. The Morgan fingerprint density at radius 2 is 1.90 bits per heavy atom. The number of likely N-dealkylation sites (tertiary alicyclic amines) is 1. The Hall–Kier alpha value is -1.36. The van der Waals surface area contributed by atoms with E-state index in [1.54, 1.807) is 4.90 Å². The molecule has 0 radical (unpaired) electrons. The number of halogens is 1. The number of hydrogen-bond donors (Lipinski definition) is 0. The molecule has 2 atom stereocenters. The van der Waals surface area contributed by atoms with Crippen molar-refractivity contribution in [2.75, 3.05) is 19.6 Å². The van der Waals surface area contributed by atoms with E-state index < -0.39 is 0 Å². The summed E-state index contributed by atoms with van der Waals surface area (Å²) in [7, 11) is 0. The molecule has 0 aromatic heterocycles. The van der Waals surface area contributed by atoms with Crippen LogP contribution in [0.1, 0.15) is 33.1 Å². The fourth-order valence-corrected chi connectivity index (χ4v) is 3.31. The molecule has 0 aromatic rings. The van der Waals surface area contributed by atoms with Crippen LogP contribution in [-0.4, -0.2) is 47.2 Å². The molecule has 3 amide bonds. The molecule has 1 saturated heterocycles. The molecule has 2 aliphatic rings. The highest BCUT2D eigenvalue weighted by Crippen LogP contribution is 2.38. The van der Waals surface area contributed by atoms with Gasteiger partial charge in [-0.1, -0.05) is 17.7 Å². The van der Waals surface area contributed by atoms with E-state index in [-0.39, 0.29) is 42.5 Å². The van der Waals surface area contributed by atoms with Crippen molar-refractivity contribution >= 4 is 29.3 Å². The van der Waals surface area contributed by atoms with Crippen LogP contribution in [0.25, 0.3) is 0 Å². The Bertz CT molecular complexity index is 485. The Labute approximate surface area is 129 Å². The lowest BCUT2D eigenvalue weighted by atomic mass is 9.85. The van der Waals surface area contributed by atoms with Crippen LogP contribution in [0.5, 0.6) is 0 Å². The van der Waals surface area contributed by atoms with Crippen molar-refractivity contribution in [3.8, 4) is 0 Å². The maximum absolute atomic E-state index is 12.3. The molecule has 0 aromatic carbocycles. The molecule has 21 heavy (non-hydrogen) atoms. The standard InChI is InChI=1S/C15H21ClN2O3/c1-3-17(4-2)13(19)7-8-18-14(20)11-6-5-10(16)9-12(11)15(18)21/h5,11-12H,3-4,6-9H2,1-2H3/t11-,12-/m1/s1. The molecule has 0 bridgehead atoms. The lowest BCUT2D eigenvalue weighted by Crippen LogP contribution is -2.37. The van der Waals surface area contributed by atoms with Crippen LogP contribution in [0.2, 0.25) is 0 Å². The van der Waals surface area contributed by atoms with E-state index in [0.29, 0.717) is 31.0 Å². The largest absolute Gasteiger partial charge is 0.343 e. The van der Waals surface area contributed by atoms with E-state index in [2.05, 4.69) is 0 Å². The third-order valence-electron chi connectivity index (χ3n) is 4.33. The van der Waals surface area contributed by atoms with Crippen molar-refractivity contribution < 1.29 is 14.4 Å². The second-order valence-electron chi connectivity index (χ2n) is 5.45. The molecule has 1 heterocycles. The highest BCUT2D eigenvalue weighted by atomic mass is 35.5. The van der Waals surface area contributed by atoms with E-state index in [1.807, 2.05) is 19.9 Å². The van der Waals surface area contributed by atoms with Crippen LogP contribution in [0.15, 0.2) is 11.1 Å². The molecule has 2 rings (SSSR count). The SMILES string of the molecule is CCN(CC)C(=O)CCN1C(=O)[C@@H]2CC=C(Cl)C[C@H]2C1=O. The van der Waals surface area contributed by atoms with Crippen molar-refractivity contribution in [3.63, 3.8) is 0 Å². The van der Waals surface area contributed by atoms with Crippen LogP contribution in [0, 0.1) is 11.8 Å². The highest BCUT2D eigenvalue weighted by Gasteiger charge is 2.48. The zero-order valence-electron chi connectivity index (χ0n) is 12.5. The summed E-state index contributed by atoms with van der Waals surface area (Å²) in [6, 6.07) is 0. The van der Waals surface area contributed by atoms with Crippen LogP contribution in [0.3, 0.4) is 0 Å². The summed E-state index contributed by atoms with van der Waals surface area (Å²) in [5, 5.41) is 0.651. The van der Waals surface area contributed by atoms with Gasteiger partial charge in [0, 0.05) is 31.1 Å². The smallest absolute Gasteiger partial charge is 0.233 e. The average molecular weight is 313 g/mol. The second kappa shape index (κ2) is 6.60. The van der Waals surface area contributed by atoms with Gasteiger partial charge >= 0.3 is 0 Å². The molecule has 1 aliphatic carbocycles. The van der Waals surface area contributed by atoms with Gasteiger partial charge in [0.25, 0.3) is 0 Å². The normalized spacial score (nSPS) is 24.9. The summed E-state index contributed by atoms with van der Waals surface area (Å²) in [6.07, 6.45) is 2.98. The predicted octanol–water partition coefficient (Wildman–Crippen LogP) is 1.76. The van der Waals surface area contributed by atoms with Gasteiger partial charge in [0.05, 0.1) is 11.8 Å². The molecule has 0 unspecified atom stereocenters. The van der Waals surface area contributed by atoms with Gasteiger partial charge in [-0.2, -0.15) is 0 Å². The first-order valence-electron chi connectivity index (χ1n) is 7.47. The van der Waals surface area contributed by atoms with Gasteiger partial charge in [-0.25, -0.2) is 0 Å². The van der Waals surface area contributed by atoms with Crippen LogP contribution >= 0.6 is 11.6 Å². The Kier molecular flexibility index (Phi) is 5.04. The van der Waals surface area contributed by atoms with Crippen LogP contribution in [0.4, 0.5) is 0 Å². The lowest BCUT2D eigenvalue weighted by molar-refractivity contribution is -0.140. The maximum atomic E-state index is 12.3. The van der Waals surface area contributed by atoms with Gasteiger partial charge in [0.1, 0.15) is 0 Å². The van der Waals surface area contributed by atoms with Gasteiger partial charge in [-0.05, 0) is 26.7 Å². The van der Waals surface area contributed by atoms with Gasteiger partial charge in [-0.15, -0.1) is 0 Å². The zero-order chi connectivity index (χ0) is 15.6. The van der Waals surface area contributed by atoms with Gasteiger partial charge in [-0.3, -0.25) is 19.3 Å². The quantitative estimate of drug-likeness (QED) is 0.727. The Morgan fingerprint density at radius 1 is 1.29 bits per heavy atom. The van der Waals surface area contributed by atoms with Crippen molar-refractivity contribution in [1.29, 1.82) is 0 Å². The third-order valence-corrected chi connectivity index (χ3v) is 4.63. The second-order valence-corrected chi connectivity index (χ2v) is 5.93. The third kappa shape index (κ3) is 3.12. The highest BCUT2D eigenvalue weighted by molar-refractivity contribution is 6.30. The van der Waals surface area contributed by atoms with E-state index >= 15 is 0 Å². The summed E-state index contributed by atoms with van der Waals surface area (Å²) in [5.74, 6) is -0.977. The molecule has 0 N–H and O–H groups in total. The molecule has 5 nitrogen and oxygen atoms in total. The number of amides is 3. The average Bonchev–Trinajstić information content (AvgIpc) is 2.70. The van der Waals surface area contributed by atoms with Gasteiger partial charge in [0.2, 0.25) is 17.7 Å². The zero-order valence-corrected chi connectivity index (χ0v) is 13.2. The summed E-state index contributed by atoms with van der Waals surface area (Å²) in [6.45, 7) is 5.28. The maximum Gasteiger partial charge on any atom is 0.233 e. The van der Waals surface area contributed by atoms with Crippen molar-refractivity contribution in [2.24, 2.45) is 11.8 Å². The van der Waals surface area contributed by atoms with E-state index in [4.69, 9.17) is 11.6 Å². The monoisotopic (exact) mass is 312 g/mol. The molecule has 0 spiro atoms. The summed E-state index contributed by atoms with van der Waals surface area (Å²) >= 11 is 5.97. The van der Waals surface area contributed by atoms with Gasteiger partial charge in [0.15, 0.2) is 0 Å². The fourth-order valence-electron chi connectivity index (χ4n) is 3.06. The van der Waals surface area contributed by atoms with Crippen molar-refractivity contribution in [3.05, 3.63) is 11.1 Å². The topological polar surface area (TPSA) is 57.7 Å². The van der Waals surface area contributed by atoms with Crippen molar-refractivity contribution in [1.82, 2.24) is 9.80 Å². The number of nitrogens with zero attached hydrogens (tertiary/aromatic N) is 2. The Morgan fingerprint density at radius 3 is 2.52 bits per heavy atom.